The van der Waals surface area contributed by atoms with Crippen molar-refractivity contribution < 1.29 is 9.90 Å². The van der Waals surface area contributed by atoms with Gasteiger partial charge in [0.2, 0.25) is 5.91 Å². The third-order valence-electron chi connectivity index (χ3n) is 3.22. The molecular weight excluding hydrogens is 216 g/mol. The lowest BCUT2D eigenvalue weighted by Crippen LogP contribution is -2.33. The van der Waals surface area contributed by atoms with Gasteiger partial charge in [0.25, 0.3) is 0 Å². The van der Waals surface area contributed by atoms with Gasteiger partial charge in [-0.15, -0.1) is 0 Å². The number of benzene rings is 1. The van der Waals surface area contributed by atoms with Crippen LogP contribution in [0.2, 0.25) is 0 Å². The second-order valence-corrected chi connectivity index (χ2v) is 4.41. The first-order chi connectivity index (χ1) is 8.13. The van der Waals surface area contributed by atoms with Crippen molar-refractivity contribution in [3.05, 3.63) is 29.3 Å². The van der Waals surface area contributed by atoms with Crippen molar-refractivity contribution in [1.82, 2.24) is 0 Å². The summed E-state index contributed by atoms with van der Waals surface area (Å²) in [5.41, 5.74) is 8.31. The first-order valence-electron chi connectivity index (χ1n) is 5.92. The summed E-state index contributed by atoms with van der Waals surface area (Å²) >= 11 is 0. The molecule has 1 unspecified atom stereocenters. The molecule has 0 spiro atoms. The van der Waals surface area contributed by atoms with Gasteiger partial charge in [0.15, 0.2) is 0 Å². The molecule has 92 valence electrons. The minimum atomic E-state index is -0.656. The summed E-state index contributed by atoms with van der Waals surface area (Å²) in [5.74, 6) is 0.0466. The van der Waals surface area contributed by atoms with Crippen LogP contribution in [-0.4, -0.2) is 24.1 Å². The van der Waals surface area contributed by atoms with Gasteiger partial charge in [-0.3, -0.25) is 4.79 Å². The zero-order valence-electron chi connectivity index (χ0n) is 10.0. The van der Waals surface area contributed by atoms with Crippen molar-refractivity contribution in [2.45, 2.75) is 25.9 Å². The summed E-state index contributed by atoms with van der Waals surface area (Å²) < 4.78 is 0. The van der Waals surface area contributed by atoms with E-state index in [0.717, 1.165) is 30.6 Å². The molecule has 0 saturated carbocycles. The fourth-order valence-corrected chi connectivity index (χ4v) is 2.26. The molecule has 1 aromatic carbocycles. The molecule has 0 saturated heterocycles. The Bertz CT molecular complexity index is 431. The maximum Gasteiger partial charge on any atom is 0.223 e. The van der Waals surface area contributed by atoms with E-state index in [1.54, 1.807) is 11.8 Å². The lowest BCUT2D eigenvalue weighted by Gasteiger charge is -2.29. The lowest BCUT2D eigenvalue weighted by molar-refractivity contribution is -0.116. The van der Waals surface area contributed by atoms with Crippen LogP contribution in [0.5, 0.6) is 0 Å². The number of anilines is 1. The van der Waals surface area contributed by atoms with Gasteiger partial charge in [0, 0.05) is 25.7 Å². The number of carbonyl (C=O) groups is 1. The number of aliphatic hydroxyl groups is 1. The van der Waals surface area contributed by atoms with Gasteiger partial charge in [0.1, 0.15) is 0 Å². The number of fused-ring (bicyclic) bond motifs is 1. The van der Waals surface area contributed by atoms with Crippen molar-refractivity contribution in [2.24, 2.45) is 5.73 Å². The van der Waals surface area contributed by atoms with Crippen LogP contribution in [0, 0.1) is 0 Å². The van der Waals surface area contributed by atoms with Crippen molar-refractivity contribution >= 4 is 11.6 Å². The Morgan fingerprint density at radius 1 is 1.59 bits per heavy atom. The van der Waals surface area contributed by atoms with Crippen LogP contribution in [0.4, 0.5) is 5.69 Å². The summed E-state index contributed by atoms with van der Waals surface area (Å²) in [6.07, 6.45) is 1.32. The van der Waals surface area contributed by atoms with Crippen LogP contribution >= 0.6 is 0 Å². The van der Waals surface area contributed by atoms with E-state index in [0.29, 0.717) is 0 Å². The number of aliphatic hydroxyl groups excluding tert-OH is 1. The number of amides is 1. The summed E-state index contributed by atoms with van der Waals surface area (Å²) in [7, 11) is 0. The Balaban J connectivity index is 2.40. The molecule has 3 N–H and O–H groups in total. The molecular formula is C13H18N2O2. The number of nitrogens with two attached hydrogens (primary N) is 1. The Morgan fingerprint density at radius 3 is 3.00 bits per heavy atom. The zero-order chi connectivity index (χ0) is 12.4. The van der Waals surface area contributed by atoms with E-state index < -0.39 is 6.10 Å². The average Bonchev–Trinajstić information content (AvgIpc) is 2.36. The molecule has 4 heteroatoms. The minimum Gasteiger partial charge on any atom is -0.387 e. The van der Waals surface area contributed by atoms with Crippen LogP contribution in [-0.2, 0) is 11.2 Å². The minimum absolute atomic E-state index is 0.0466. The average molecular weight is 234 g/mol. The molecule has 1 aromatic rings. The maximum absolute atomic E-state index is 11.6. The molecule has 0 fully saturated rings. The van der Waals surface area contributed by atoms with Gasteiger partial charge < -0.3 is 15.7 Å². The smallest absolute Gasteiger partial charge is 0.223 e. The fraction of sp³-hybridized carbons (Fsp3) is 0.462. The van der Waals surface area contributed by atoms with Gasteiger partial charge in [-0.25, -0.2) is 0 Å². The monoisotopic (exact) mass is 234 g/mol. The SMILES string of the molecule is CC(=O)N1CCCc2ccc(C(O)CN)cc21. The maximum atomic E-state index is 11.6. The molecule has 0 bridgehead atoms. The Labute approximate surface area is 101 Å². The first kappa shape index (κ1) is 12.1. The molecule has 2 rings (SSSR count). The molecule has 0 radical (unpaired) electrons. The topological polar surface area (TPSA) is 66.6 Å². The summed E-state index contributed by atoms with van der Waals surface area (Å²) in [6.45, 7) is 2.52. The summed E-state index contributed by atoms with van der Waals surface area (Å²) in [6, 6.07) is 5.76. The highest BCUT2D eigenvalue weighted by molar-refractivity contribution is 5.92. The van der Waals surface area contributed by atoms with Crippen LogP contribution in [0.25, 0.3) is 0 Å². The molecule has 0 aliphatic carbocycles. The number of rotatable bonds is 2. The standard InChI is InChI=1S/C13H18N2O2/c1-9(16)15-6-2-3-10-4-5-11(7-12(10)15)13(17)8-14/h4-5,7,13,17H,2-3,6,8,14H2,1H3. The molecule has 1 amide bonds. The number of hydrogen-bond donors (Lipinski definition) is 2. The molecule has 1 aliphatic heterocycles. The van der Waals surface area contributed by atoms with Crippen LogP contribution < -0.4 is 10.6 Å². The van der Waals surface area contributed by atoms with E-state index in [9.17, 15) is 9.90 Å². The van der Waals surface area contributed by atoms with Gasteiger partial charge in [-0.2, -0.15) is 0 Å². The van der Waals surface area contributed by atoms with Gasteiger partial charge in [-0.05, 0) is 30.0 Å². The fourth-order valence-electron chi connectivity index (χ4n) is 2.26. The van der Waals surface area contributed by atoms with E-state index in [1.807, 2.05) is 18.2 Å². The lowest BCUT2D eigenvalue weighted by atomic mass is 9.97. The number of nitrogens with zero attached hydrogens (tertiary/aromatic N) is 1. The van der Waals surface area contributed by atoms with Gasteiger partial charge >= 0.3 is 0 Å². The van der Waals surface area contributed by atoms with Gasteiger partial charge in [-0.1, -0.05) is 12.1 Å². The normalized spacial score (nSPS) is 16.5. The Morgan fingerprint density at radius 2 is 2.35 bits per heavy atom. The first-order valence-corrected chi connectivity index (χ1v) is 5.92. The van der Waals surface area contributed by atoms with E-state index in [-0.39, 0.29) is 12.5 Å². The predicted octanol–water partition coefficient (Wildman–Crippen LogP) is 0.978. The van der Waals surface area contributed by atoms with Crippen molar-refractivity contribution in [3.63, 3.8) is 0 Å². The van der Waals surface area contributed by atoms with Crippen LogP contribution in [0.3, 0.4) is 0 Å². The third kappa shape index (κ3) is 2.33. The predicted molar refractivity (Wildman–Crippen MR) is 66.8 cm³/mol. The second-order valence-electron chi connectivity index (χ2n) is 4.41. The van der Waals surface area contributed by atoms with Crippen LogP contribution in [0.1, 0.15) is 30.6 Å². The van der Waals surface area contributed by atoms with Gasteiger partial charge in [0.05, 0.1) is 6.10 Å². The highest BCUT2D eigenvalue weighted by Gasteiger charge is 2.21. The van der Waals surface area contributed by atoms with E-state index in [4.69, 9.17) is 5.73 Å². The second kappa shape index (κ2) is 4.85. The molecule has 17 heavy (non-hydrogen) atoms. The Hall–Kier alpha value is -1.39. The largest absolute Gasteiger partial charge is 0.387 e. The third-order valence-corrected chi connectivity index (χ3v) is 3.22. The highest BCUT2D eigenvalue weighted by Crippen LogP contribution is 2.30. The summed E-state index contributed by atoms with van der Waals surface area (Å²) in [4.78, 5) is 13.3. The van der Waals surface area contributed by atoms with Crippen molar-refractivity contribution in [1.29, 1.82) is 0 Å². The molecule has 1 aliphatic rings. The van der Waals surface area contributed by atoms with Crippen molar-refractivity contribution in [3.8, 4) is 0 Å². The molecule has 0 aromatic heterocycles. The highest BCUT2D eigenvalue weighted by atomic mass is 16.3. The van der Waals surface area contributed by atoms with Crippen LogP contribution in [0.15, 0.2) is 18.2 Å². The quantitative estimate of drug-likeness (QED) is 0.801. The number of hydrogen-bond acceptors (Lipinski definition) is 3. The van der Waals surface area contributed by atoms with E-state index >= 15 is 0 Å². The molecule has 1 atom stereocenters. The number of aryl methyl sites for hydroxylation is 1. The summed E-state index contributed by atoms with van der Waals surface area (Å²) in [5, 5.41) is 9.73. The Kier molecular flexibility index (Phi) is 3.45. The number of carbonyl (C=O) groups excluding carboxylic acids is 1. The molecule has 4 nitrogen and oxygen atoms in total. The van der Waals surface area contributed by atoms with Crippen molar-refractivity contribution in [2.75, 3.05) is 18.0 Å². The molecule has 1 heterocycles. The van der Waals surface area contributed by atoms with E-state index in [1.165, 1.54) is 5.56 Å². The van der Waals surface area contributed by atoms with E-state index in [2.05, 4.69) is 0 Å². The zero-order valence-corrected chi connectivity index (χ0v) is 10.0.